The molecule has 0 aliphatic carbocycles. The van der Waals surface area contributed by atoms with Crippen molar-refractivity contribution in [2.24, 2.45) is 0 Å². The maximum absolute atomic E-state index is 5.94. The number of aryl methyl sites for hydroxylation is 1. The standard InChI is InChI=1S/C15H18ClN3O/c1-4-7-17-14-11(3)15(19-9-18-14)20-13-6-5-12(16)8-10(13)2/h5-6,8-9H,4,7H2,1-3H3,(H,17,18,19). The number of anilines is 1. The average molecular weight is 292 g/mol. The second kappa shape index (κ2) is 6.57. The van der Waals surface area contributed by atoms with E-state index >= 15 is 0 Å². The largest absolute Gasteiger partial charge is 0.438 e. The van der Waals surface area contributed by atoms with Crippen molar-refractivity contribution in [1.82, 2.24) is 9.97 Å². The van der Waals surface area contributed by atoms with Gasteiger partial charge < -0.3 is 10.1 Å². The minimum Gasteiger partial charge on any atom is -0.438 e. The normalized spacial score (nSPS) is 10.4. The highest BCUT2D eigenvalue weighted by atomic mass is 35.5. The lowest BCUT2D eigenvalue weighted by Crippen LogP contribution is -2.05. The van der Waals surface area contributed by atoms with Crippen molar-refractivity contribution in [3.05, 3.63) is 40.7 Å². The summed E-state index contributed by atoms with van der Waals surface area (Å²) < 4.78 is 5.87. The van der Waals surface area contributed by atoms with Gasteiger partial charge in [-0.25, -0.2) is 9.97 Å². The summed E-state index contributed by atoms with van der Waals surface area (Å²) in [5.74, 6) is 2.12. The zero-order chi connectivity index (χ0) is 14.5. The molecule has 0 saturated heterocycles. The topological polar surface area (TPSA) is 47.0 Å². The van der Waals surface area contributed by atoms with Crippen molar-refractivity contribution in [2.75, 3.05) is 11.9 Å². The van der Waals surface area contributed by atoms with Crippen molar-refractivity contribution in [2.45, 2.75) is 27.2 Å². The first-order valence-corrected chi connectivity index (χ1v) is 6.99. The van der Waals surface area contributed by atoms with E-state index in [1.54, 1.807) is 6.07 Å². The molecule has 0 atom stereocenters. The van der Waals surface area contributed by atoms with Crippen LogP contribution in [0.15, 0.2) is 24.5 Å². The summed E-state index contributed by atoms with van der Waals surface area (Å²) in [7, 11) is 0. The minimum absolute atomic E-state index is 0.559. The van der Waals surface area contributed by atoms with Gasteiger partial charge in [-0.1, -0.05) is 18.5 Å². The van der Waals surface area contributed by atoms with E-state index in [2.05, 4.69) is 22.2 Å². The lowest BCUT2D eigenvalue weighted by Gasteiger charge is -2.13. The number of hydrogen-bond acceptors (Lipinski definition) is 4. The molecule has 4 nitrogen and oxygen atoms in total. The Bertz CT molecular complexity index is 602. The van der Waals surface area contributed by atoms with Crippen molar-refractivity contribution in [1.29, 1.82) is 0 Å². The van der Waals surface area contributed by atoms with Gasteiger partial charge in [0.15, 0.2) is 0 Å². The highest BCUT2D eigenvalue weighted by Gasteiger charge is 2.10. The third-order valence-electron chi connectivity index (χ3n) is 2.92. The van der Waals surface area contributed by atoms with Gasteiger partial charge in [-0.2, -0.15) is 0 Å². The number of benzene rings is 1. The molecular formula is C15H18ClN3O. The Kier molecular flexibility index (Phi) is 4.79. The first-order valence-electron chi connectivity index (χ1n) is 6.61. The molecule has 0 fully saturated rings. The Hall–Kier alpha value is -1.81. The van der Waals surface area contributed by atoms with E-state index in [1.165, 1.54) is 6.33 Å². The average Bonchev–Trinajstić information content (AvgIpc) is 2.42. The number of hydrogen-bond donors (Lipinski definition) is 1. The van der Waals surface area contributed by atoms with E-state index < -0.39 is 0 Å². The molecule has 0 unspecified atom stereocenters. The molecule has 1 heterocycles. The third kappa shape index (κ3) is 3.39. The number of halogens is 1. The molecule has 2 rings (SSSR count). The number of nitrogens with one attached hydrogen (secondary N) is 1. The van der Waals surface area contributed by atoms with Gasteiger partial charge in [0, 0.05) is 11.6 Å². The number of aromatic nitrogens is 2. The molecule has 0 spiro atoms. The van der Waals surface area contributed by atoms with Crippen molar-refractivity contribution in [3.8, 4) is 11.6 Å². The first-order chi connectivity index (χ1) is 9.61. The van der Waals surface area contributed by atoms with E-state index in [9.17, 15) is 0 Å². The minimum atomic E-state index is 0.559. The van der Waals surface area contributed by atoms with Crippen LogP contribution < -0.4 is 10.1 Å². The van der Waals surface area contributed by atoms with E-state index in [0.29, 0.717) is 10.9 Å². The number of ether oxygens (including phenoxy) is 1. The van der Waals surface area contributed by atoms with E-state index in [-0.39, 0.29) is 0 Å². The van der Waals surface area contributed by atoms with Gasteiger partial charge in [0.1, 0.15) is 17.9 Å². The van der Waals surface area contributed by atoms with E-state index in [4.69, 9.17) is 16.3 Å². The zero-order valence-electron chi connectivity index (χ0n) is 11.9. The van der Waals surface area contributed by atoms with Gasteiger partial charge >= 0.3 is 0 Å². The van der Waals surface area contributed by atoms with E-state index in [0.717, 1.165) is 35.7 Å². The fourth-order valence-corrected chi connectivity index (χ4v) is 2.02. The molecular weight excluding hydrogens is 274 g/mol. The van der Waals surface area contributed by atoms with Crippen molar-refractivity contribution in [3.63, 3.8) is 0 Å². The van der Waals surface area contributed by atoms with Crippen LogP contribution in [0.3, 0.4) is 0 Å². The maximum Gasteiger partial charge on any atom is 0.227 e. The molecule has 2 aromatic rings. The Morgan fingerprint density at radius 3 is 2.75 bits per heavy atom. The molecule has 0 saturated carbocycles. The second-order valence-corrected chi connectivity index (χ2v) is 5.03. The lowest BCUT2D eigenvalue weighted by atomic mass is 10.2. The highest BCUT2D eigenvalue weighted by Crippen LogP contribution is 2.29. The van der Waals surface area contributed by atoms with Crippen LogP contribution in [0.2, 0.25) is 5.02 Å². The Morgan fingerprint density at radius 2 is 2.05 bits per heavy atom. The van der Waals surface area contributed by atoms with Crippen LogP contribution in [-0.2, 0) is 0 Å². The summed E-state index contributed by atoms with van der Waals surface area (Å²) in [4.78, 5) is 8.43. The Labute approximate surface area is 124 Å². The quantitative estimate of drug-likeness (QED) is 0.889. The molecule has 1 aromatic heterocycles. The summed E-state index contributed by atoms with van der Waals surface area (Å²) >= 11 is 5.94. The van der Waals surface area contributed by atoms with Gasteiger partial charge in [0.2, 0.25) is 5.88 Å². The van der Waals surface area contributed by atoms with Crippen molar-refractivity contribution < 1.29 is 4.74 Å². The molecule has 0 amide bonds. The maximum atomic E-state index is 5.94. The number of nitrogens with zero attached hydrogens (tertiary/aromatic N) is 2. The summed E-state index contributed by atoms with van der Waals surface area (Å²) in [5, 5.41) is 3.95. The molecule has 106 valence electrons. The van der Waals surface area contributed by atoms with Gasteiger partial charge in [-0.3, -0.25) is 0 Å². The van der Waals surface area contributed by atoms with Crippen LogP contribution in [0.1, 0.15) is 24.5 Å². The van der Waals surface area contributed by atoms with Crippen LogP contribution in [0.25, 0.3) is 0 Å². The van der Waals surface area contributed by atoms with Crippen molar-refractivity contribution >= 4 is 17.4 Å². The molecule has 0 bridgehead atoms. The Morgan fingerprint density at radius 1 is 1.25 bits per heavy atom. The Balaban J connectivity index is 2.24. The summed E-state index contributed by atoms with van der Waals surface area (Å²) in [6.45, 7) is 6.88. The summed E-state index contributed by atoms with van der Waals surface area (Å²) in [6, 6.07) is 5.51. The molecule has 0 radical (unpaired) electrons. The zero-order valence-corrected chi connectivity index (χ0v) is 12.7. The monoisotopic (exact) mass is 291 g/mol. The van der Waals surface area contributed by atoms with Crippen LogP contribution in [0.4, 0.5) is 5.82 Å². The highest BCUT2D eigenvalue weighted by molar-refractivity contribution is 6.30. The first kappa shape index (κ1) is 14.6. The predicted molar refractivity (Wildman–Crippen MR) is 81.8 cm³/mol. The van der Waals surface area contributed by atoms with Crippen LogP contribution in [0.5, 0.6) is 11.6 Å². The fourth-order valence-electron chi connectivity index (χ4n) is 1.79. The van der Waals surface area contributed by atoms with Crippen LogP contribution in [-0.4, -0.2) is 16.5 Å². The van der Waals surface area contributed by atoms with Crippen LogP contribution >= 0.6 is 11.6 Å². The van der Waals surface area contributed by atoms with E-state index in [1.807, 2.05) is 26.0 Å². The summed E-state index contributed by atoms with van der Waals surface area (Å²) in [6.07, 6.45) is 2.54. The van der Waals surface area contributed by atoms with Gasteiger partial charge in [-0.05, 0) is 44.0 Å². The predicted octanol–water partition coefficient (Wildman–Crippen LogP) is 4.36. The molecule has 0 aliphatic heterocycles. The van der Waals surface area contributed by atoms with Gasteiger partial charge in [0.25, 0.3) is 0 Å². The second-order valence-electron chi connectivity index (χ2n) is 4.59. The van der Waals surface area contributed by atoms with Crippen LogP contribution in [0, 0.1) is 13.8 Å². The lowest BCUT2D eigenvalue weighted by molar-refractivity contribution is 0.454. The smallest absolute Gasteiger partial charge is 0.227 e. The SMILES string of the molecule is CCCNc1ncnc(Oc2ccc(Cl)cc2C)c1C. The molecule has 5 heteroatoms. The summed E-state index contributed by atoms with van der Waals surface area (Å²) in [5.41, 5.74) is 1.87. The number of rotatable bonds is 5. The van der Waals surface area contributed by atoms with Gasteiger partial charge in [-0.15, -0.1) is 0 Å². The van der Waals surface area contributed by atoms with Gasteiger partial charge in [0.05, 0.1) is 5.56 Å². The molecule has 1 N–H and O–H groups in total. The molecule has 20 heavy (non-hydrogen) atoms. The fraction of sp³-hybridized carbons (Fsp3) is 0.333. The molecule has 0 aliphatic rings. The molecule has 1 aromatic carbocycles. The third-order valence-corrected chi connectivity index (χ3v) is 3.16.